The molecule has 20 rings (SSSR count). The molecule has 2 atom stereocenters. The summed E-state index contributed by atoms with van der Waals surface area (Å²) in [4.78, 5) is 4.32. The van der Waals surface area contributed by atoms with E-state index in [1.165, 1.54) is 171 Å². The van der Waals surface area contributed by atoms with Crippen LogP contribution in [0.2, 0.25) is 0 Å². The predicted octanol–water partition coefficient (Wildman–Crippen LogP) is 27.6. The van der Waals surface area contributed by atoms with Crippen LogP contribution in [0.15, 0.2) is 407 Å². The molecule has 110 heavy (non-hydrogen) atoms. The van der Waals surface area contributed by atoms with Crippen LogP contribution >= 0.6 is 19.1 Å². The van der Waals surface area contributed by atoms with Gasteiger partial charge in [0.1, 0.15) is 0 Å². The van der Waals surface area contributed by atoms with Crippen LogP contribution in [0.3, 0.4) is 0 Å². The minimum atomic E-state index is 0. The van der Waals surface area contributed by atoms with Gasteiger partial charge in [-0.05, 0) is 214 Å². The molecular weight excluding hydrogens is 1540 g/mol. The predicted molar refractivity (Wildman–Crippen MR) is 477 cm³/mol. The van der Waals surface area contributed by atoms with Gasteiger partial charge in [-0.2, -0.15) is 9.84 Å². The Morgan fingerprint density at radius 1 is 0.300 bits per heavy atom. The number of fused-ring (bicyclic) bond motifs is 12. The molecule has 3 aromatic heterocycles. The van der Waals surface area contributed by atoms with Crippen LogP contribution in [0.5, 0.6) is 0 Å². The third kappa shape index (κ3) is 14.6. The fourth-order valence-corrected chi connectivity index (χ4v) is 15.6. The zero-order valence-electron chi connectivity index (χ0n) is 61.8. The van der Waals surface area contributed by atoms with Crippen molar-refractivity contribution in [3.63, 3.8) is 0 Å². The normalized spacial score (nSPS) is 11.0. The van der Waals surface area contributed by atoms with Crippen molar-refractivity contribution in [1.29, 1.82) is 1.28 Å². The van der Waals surface area contributed by atoms with E-state index >= 15 is 0 Å². The average Bonchev–Trinajstić information content (AvgIpc) is 1.76. The number of rotatable bonds is 10. The summed E-state index contributed by atoms with van der Waals surface area (Å²) in [6, 6.07) is 148. The second kappa shape index (κ2) is 33.5. The number of hydrogen-bond acceptors (Lipinski definition) is 1. The fourth-order valence-electron chi connectivity index (χ4n) is 15.6. The summed E-state index contributed by atoms with van der Waals surface area (Å²) in [6.07, 6.45) is 1.81. The van der Waals surface area contributed by atoms with Gasteiger partial charge in [0.15, 0.2) is 0 Å². The fraction of sp³-hybridized carbons (Fsp3) is 0.0194. The maximum absolute atomic E-state index is 5.67. The molecule has 0 saturated heterocycles. The first-order chi connectivity index (χ1) is 54.5. The number of aryl methyl sites for hydroxylation is 1. The molecule has 0 N–H and O–H groups in total. The Morgan fingerprint density at radius 2 is 0.545 bits per heavy atom. The molecule has 0 bridgehead atoms. The first kappa shape index (κ1) is 72.1. The zero-order valence-corrected chi connectivity index (χ0v) is 65.5. The summed E-state index contributed by atoms with van der Waals surface area (Å²) in [5.41, 5.74) is 27.6. The molecule has 527 valence electrons. The Bertz CT molecular complexity index is 5750. The molecule has 0 saturated carbocycles. The molecule has 3 nitrogen and oxygen atoms in total. The number of pyridine rings is 1. The van der Waals surface area contributed by atoms with Crippen molar-refractivity contribution < 1.29 is 20.1 Å². The Kier molecular flexibility index (Phi) is 22.0. The van der Waals surface area contributed by atoms with E-state index in [0.29, 0.717) is 6.06 Å². The number of nitrogens with zero attached hydrogens (tertiary/aromatic N) is 3. The van der Waals surface area contributed by atoms with Crippen LogP contribution in [0.25, 0.3) is 176 Å². The van der Waals surface area contributed by atoms with E-state index in [9.17, 15) is 0 Å². The van der Waals surface area contributed by atoms with Gasteiger partial charge in [0.25, 0.3) is 0 Å². The molecule has 0 aliphatic heterocycles. The molecule has 0 aliphatic rings. The summed E-state index contributed by atoms with van der Waals surface area (Å²) < 4.78 is 10.4. The second-order valence-electron chi connectivity index (χ2n) is 27.0. The van der Waals surface area contributed by atoms with Gasteiger partial charge < -0.3 is 14.1 Å². The molecule has 2 unspecified atom stereocenters. The number of benzene rings is 17. The van der Waals surface area contributed by atoms with E-state index < -0.39 is 0 Å². The van der Waals surface area contributed by atoms with Crippen molar-refractivity contribution in [2.24, 2.45) is 0 Å². The van der Waals surface area contributed by atoms with Gasteiger partial charge in [-0.25, -0.2) is 0 Å². The minimum Gasteiger partial charge on any atom is -0.309 e. The van der Waals surface area contributed by atoms with E-state index in [-0.39, 0.29) is 20.1 Å². The first-order valence-electron chi connectivity index (χ1n) is 37.4. The number of para-hydroxylation sites is 4. The summed E-state index contributed by atoms with van der Waals surface area (Å²) in [7, 11) is 8.83. The molecule has 0 aliphatic carbocycles. The van der Waals surface area contributed by atoms with Crippen molar-refractivity contribution in [2.75, 3.05) is 6.06 Å². The van der Waals surface area contributed by atoms with Gasteiger partial charge in [-0.1, -0.05) is 297 Å². The molecule has 0 amide bonds. The van der Waals surface area contributed by atoms with Crippen molar-refractivity contribution >= 4 is 103 Å². The Balaban J connectivity index is 0.000000148. The topological polar surface area (TPSA) is 22.8 Å². The monoisotopic (exact) mass is 1620 g/mol. The molecule has 0 spiro atoms. The van der Waals surface area contributed by atoms with Gasteiger partial charge in [0.2, 0.25) is 0 Å². The molecular formula is C103H77BIrN3P2-. The Labute approximate surface area is 665 Å². The standard InChI is InChI=1S/C54H36.C36H24N2.C12H10N.CH4BP.Ir.H3P/c1-7-19-37(20-8-1)43-31-49-50(32-44(43)38-21-9-2-10-22-38)52-34-46(40-25-13-4-14-26-40)48(42-29-17-6-18-30-42)36-54(52)53-35-47(41-27-15-5-16-28-41)45(33-51(49)53)39-23-11-3-12-24-39;1-5-13-33-29(9-1)30-10-2-6-14-34(30)37(33)27-21-17-25(18-22-27)26-19-23-28(24-20-26)38-35-15-7-3-11-31(35)32-12-4-8-16-36(32)38;1-10-6-5-9-13-12(10)11-7-3-2-4-8-11;2-1-3;;/h1-36H;1-24H;2-7,9H,1H3;1,3H2;;1H3/q;;-1;;;/i;;;;;1T. The first-order valence-corrected chi connectivity index (χ1v) is 37.6. The smallest absolute Gasteiger partial charge is 0.0709 e. The van der Waals surface area contributed by atoms with Crippen molar-refractivity contribution in [3.05, 3.63) is 418 Å². The number of hydrogen-bond donors (Lipinski definition) is 0. The molecule has 17 aromatic carbocycles. The van der Waals surface area contributed by atoms with Crippen LogP contribution in [0.1, 0.15) is 5.56 Å². The van der Waals surface area contributed by atoms with E-state index in [0.717, 1.165) is 11.3 Å². The molecule has 20 aromatic rings. The van der Waals surface area contributed by atoms with E-state index in [1.54, 1.807) is 9.84 Å². The van der Waals surface area contributed by atoms with Crippen LogP contribution in [-0.2, 0) is 20.1 Å². The van der Waals surface area contributed by atoms with Gasteiger partial charge in [-0.15, -0.1) is 45.1 Å². The van der Waals surface area contributed by atoms with E-state index in [4.69, 9.17) is 9.12 Å². The third-order valence-corrected chi connectivity index (χ3v) is 20.6. The van der Waals surface area contributed by atoms with E-state index in [1.807, 2.05) is 36.5 Å². The van der Waals surface area contributed by atoms with Crippen molar-refractivity contribution in [1.82, 2.24) is 14.1 Å². The maximum atomic E-state index is 5.67. The third-order valence-electron chi connectivity index (χ3n) is 20.6. The summed E-state index contributed by atoms with van der Waals surface area (Å²) in [5.74, 6) is 0. The van der Waals surface area contributed by atoms with Crippen LogP contribution in [0.4, 0.5) is 0 Å². The van der Waals surface area contributed by atoms with Gasteiger partial charge in [0.05, 0.1) is 31.2 Å². The molecule has 7 heteroatoms. The minimum absolute atomic E-state index is 0. The molecule has 0 fully saturated rings. The van der Waals surface area contributed by atoms with E-state index in [2.05, 4.69) is 406 Å². The molecule has 3 radical (unpaired) electrons. The summed E-state index contributed by atoms with van der Waals surface area (Å²) >= 11 is 0. The Morgan fingerprint density at radius 3 is 0.791 bits per heavy atom. The largest absolute Gasteiger partial charge is 0.309 e. The number of aromatic nitrogens is 3. The summed E-state index contributed by atoms with van der Waals surface area (Å²) in [5, 5.41) is 12.6. The quantitative estimate of drug-likeness (QED) is 0.0579. The van der Waals surface area contributed by atoms with Crippen LogP contribution < -0.4 is 0 Å². The Hall–Kier alpha value is -12.2. The van der Waals surface area contributed by atoms with Crippen LogP contribution in [0, 0.1) is 13.0 Å². The SMILES string of the molecule is Cc1cccnc1-c1[c-]cccc1.[3H]P.[B]CP.[Ir].c1ccc(-c2cc3c4cc(-c5ccccc5)c(-c5ccccc5)cc4c4cc(-c5ccccc5)c(-c5ccccc5)cc4c3cc2-c2ccccc2)cc1.c1ccc2c(c1)c1ccccc1n2-c1ccc(-c2ccc(-n3c4ccccc4c4ccccc43)cc2)cc1. The van der Waals surface area contributed by atoms with Gasteiger partial charge >= 0.3 is 0 Å². The maximum Gasteiger partial charge on any atom is 0.0709 e. The summed E-state index contributed by atoms with van der Waals surface area (Å²) in [6.45, 7) is 2.06. The molecule has 3 heterocycles. The zero-order chi connectivity index (χ0) is 74.7. The van der Waals surface area contributed by atoms with Gasteiger partial charge in [-0.3, -0.25) is 0 Å². The van der Waals surface area contributed by atoms with Gasteiger partial charge in [0, 0.05) is 59.2 Å². The second-order valence-corrected chi connectivity index (χ2v) is 27.5. The average molecular weight is 1620 g/mol. The van der Waals surface area contributed by atoms with Crippen LogP contribution in [-0.4, -0.2) is 29.3 Å². The van der Waals surface area contributed by atoms with Crippen molar-refractivity contribution in [2.45, 2.75) is 6.92 Å². The van der Waals surface area contributed by atoms with Crippen molar-refractivity contribution in [3.8, 4) is 101 Å².